The number of nitrogens with one attached hydrogen (secondary N) is 1. The molecule has 2 atom stereocenters. The third-order valence-electron chi connectivity index (χ3n) is 4.36. The molecule has 3 rings (SSSR count). The summed E-state index contributed by atoms with van der Waals surface area (Å²) < 4.78 is 3.06. The van der Waals surface area contributed by atoms with Gasteiger partial charge in [0.2, 0.25) is 0 Å². The summed E-state index contributed by atoms with van der Waals surface area (Å²) in [4.78, 5) is 0. The van der Waals surface area contributed by atoms with Gasteiger partial charge in [0, 0.05) is 13.0 Å². The van der Waals surface area contributed by atoms with E-state index in [1.807, 2.05) is 25.0 Å². The lowest BCUT2D eigenvalue weighted by atomic mass is 9.78. The van der Waals surface area contributed by atoms with E-state index in [0.717, 1.165) is 4.47 Å². The third-order valence-corrected chi connectivity index (χ3v) is 4.97. The van der Waals surface area contributed by atoms with E-state index in [2.05, 4.69) is 50.6 Å². The first-order chi connectivity index (χ1) is 9.72. The second kappa shape index (κ2) is 5.70. The molecule has 3 nitrogen and oxygen atoms in total. The number of halogens is 1. The average Bonchev–Trinajstić information content (AvgIpc) is 2.81. The lowest BCUT2D eigenvalue weighted by molar-refractivity contribution is 0.404. The molecule has 0 radical (unpaired) electrons. The van der Waals surface area contributed by atoms with Crippen LogP contribution in [0.25, 0.3) is 0 Å². The Bertz CT molecular complexity index is 586. The standard InChI is InChI=1S/C16H20BrN3/c1-18-15(16-14(17)10-19-20(16)2)13-9-5-7-11-6-3-4-8-12(11)13/h3-4,6,8,10,13,15,18H,5,7,9H2,1-2H3. The maximum Gasteiger partial charge on any atom is 0.0698 e. The third kappa shape index (κ3) is 2.31. The molecular formula is C16H20BrN3. The van der Waals surface area contributed by atoms with Crippen LogP contribution in [0.3, 0.4) is 0 Å². The molecule has 1 N–H and O–H groups in total. The fraction of sp³-hybridized carbons (Fsp3) is 0.438. The molecule has 2 aromatic rings. The number of aromatic nitrogens is 2. The van der Waals surface area contributed by atoms with E-state index in [1.165, 1.54) is 36.1 Å². The monoisotopic (exact) mass is 333 g/mol. The minimum atomic E-state index is 0.290. The van der Waals surface area contributed by atoms with E-state index >= 15 is 0 Å². The molecule has 1 aromatic heterocycles. The van der Waals surface area contributed by atoms with Gasteiger partial charge in [-0.15, -0.1) is 0 Å². The Morgan fingerprint density at radius 2 is 2.20 bits per heavy atom. The minimum absolute atomic E-state index is 0.290. The highest BCUT2D eigenvalue weighted by molar-refractivity contribution is 9.10. The summed E-state index contributed by atoms with van der Waals surface area (Å²) in [7, 11) is 4.06. The van der Waals surface area contributed by atoms with Crippen LogP contribution in [-0.4, -0.2) is 16.8 Å². The van der Waals surface area contributed by atoms with Crippen LogP contribution in [-0.2, 0) is 13.5 Å². The molecule has 0 spiro atoms. The summed E-state index contributed by atoms with van der Waals surface area (Å²) in [6, 6.07) is 9.15. The van der Waals surface area contributed by atoms with Crippen LogP contribution in [0.2, 0.25) is 0 Å². The molecule has 106 valence electrons. The van der Waals surface area contributed by atoms with Gasteiger partial charge in [-0.1, -0.05) is 24.3 Å². The van der Waals surface area contributed by atoms with Crippen molar-refractivity contribution < 1.29 is 0 Å². The molecule has 0 amide bonds. The number of nitrogens with zero attached hydrogens (tertiary/aromatic N) is 2. The van der Waals surface area contributed by atoms with Crippen molar-refractivity contribution in [2.75, 3.05) is 7.05 Å². The molecule has 1 heterocycles. The predicted octanol–water partition coefficient (Wildman–Crippen LogP) is 3.56. The second-order valence-corrected chi connectivity index (χ2v) is 6.32. The quantitative estimate of drug-likeness (QED) is 0.930. The number of likely N-dealkylation sites (N-methyl/N-ethyl adjacent to an activating group) is 1. The number of rotatable bonds is 3. The van der Waals surface area contributed by atoms with E-state index in [9.17, 15) is 0 Å². The molecule has 1 aliphatic rings. The van der Waals surface area contributed by atoms with Gasteiger partial charge in [0.25, 0.3) is 0 Å². The minimum Gasteiger partial charge on any atom is -0.311 e. The molecule has 2 unspecified atom stereocenters. The van der Waals surface area contributed by atoms with Gasteiger partial charge in [0.05, 0.1) is 22.4 Å². The molecule has 0 aliphatic heterocycles. The lowest BCUT2D eigenvalue weighted by Crippen LogP contribution is -2.28. The van der Waals surface area contributed by atoms with Crippen LogP contribution in [0.15, 0.2) is 34.9 Å². The largest absolute Gasteiger partial charge is 0.311 e. The fourth-order valence-electron chi connectivity index (χ4n) is 3.44. The Balaban J connectivity index is 2.03. The molecule has 4 heteroatoms. The van der Waals surface area contributed by atoms with Crippen molar-refractivity contribution in [3.05, 3.63) is 51.8 Å². The van der Waals surface area contributed by atoms with Gasteiger partial charge in [-0.25, -0.2) is 0 Å². The molecule has 0 saturated heterocycles. The highest BCUT2D eigenvalue weighted by atomic mass is 79.9. The predicted molar refractivity (Wildman–Crippen MR) is 84.8 cm³/mol. The van der Waals surface area contributed by atoms with Gasteiger partial charge >= 0.3 is 0 Å². The summed E-state index contributed by atoms with van der Waals surface area (Å²) >= 11 is 3.64. The number of benzene rings is 1. The highest BCUT2D eigenvalue weighted by Gasteiger charge is 2.30. The average molecular weight is 334 g/mol. The molecule has 0 saturated carbocycles. The Labute approximate surface area is 128 Å². The van der Waals surface area contributed by atoms with Crippen LogP contribution < -0.4 is 5.32 Å². The first kappa shape index (κ1) is 13.8. The lowest BCUT2D eigenvalue weighted by Gasteiger charge is -2.32. The number of aryl methyl sites for hydroxylation is 2. The first-order valence-corrected chi connectivity index (χ1v) is 7.94. The zero-order chi connectivity index (χ0) is 14.1. The maximum absolute atomic E-state index is 4.37. The second-order valence-electron chi connectivity index (χ2n) is 5.47. The highest BCUT2D eigenvalue weighted by Crippen LogP contribution is 2.41. The van der Waals surface area contributed by atoms with Crippen LogP contribution in [0, 0.1) is 0 Å². The summed E-state index contributed by atoms with van der Waals surface area (Å²) in [5, 5.41) is 7.87. The van der Waals surface area contributed by atoms with Gasteiger partial charge in [-0.3, -0.25) is 4.68 Å². The Morgan fingerprint density at radius 1 is 1.40 bits per heavy atom. The molecule has 1 aliphatic carbocycles. The Hall–Kier alpha value is -1.13. The van der Waals surface area contributed by atoms with Crippen LogP contribution in [0.5, 0.6) is 0 Å². The SMILES string of the molecule is CNC(c1c(Br)cnn1C)C1CCCc2ccccc21. The van der Waals surface area contributed by atoms with Crippen molar-refractivity contribution in [2.24, 2.45) is 7.05 Å². The molecular weight excluding hydrogens is 314 g/mol. The van der Waals surface area contributed by atoms with Gasteiger partial charge in [0.15, 0.2) is 0 Å². The maximum atomic E-state index is 4.37. The first-order valence-electron chi connectivity index (χ1n) is 7.15. The van der Waals surface area contributed by atoms with Gasteiger partial charge in [-0.2, -0.15) is 5.10 Å². The van der Waals surface area contributed by atoms with Crippen molar-refractivity contribution in [2.45, 2.75) is 31.2 Å². The van der Waals surface area contributed by atoms with Crippen molar-refractivity contribution in [3.8, 4) is 0 Å². The zero-order valence-corrected chi connectivity index (χ0v) is 13.5. The van der Waals surface area contributed by atoms with Gasteiger partial charge in [-0.05, 0) is 53.4 Å². The van der Waals surface area contributed by atoms with Crippen LogP contribution in [0.4, 0.5) is 0 Å². The van der Waals surface area contributed by atoms with E-state index in [-0.39, 0.29) is 0 Å². The normalized spacial score (nSPS) is 19.6. The summed E-state index contributed by atoms with van der Waals surface area (Å²) in [5.74, 6) is 0.511. The Kier molecular flexibility index (Phi) is 3.94. The van der Waals surface area contributed by atoms with E-state index in [4.69, 9.17) is 0 Å². The number of hydrogen-bond donors (Lipinski definition) is 1. The van der Waals surface area contributed by atoms with Crippen molar-refractivity contribution >= 4 is 15.9 Å². The van der Waals surface area contributed by atoms with Crippen molar-refractivity contribution in [1.82, 2.24) is 15.1 Å². The van der Waals surface area contributed by atoms with E-state index in [0.29, 0.717) is 12.0 Å². The zero-order valence-electron chi connectivity index (χ0n) is 11.9. The van der Waals surface area contributed by atoms with Crippen molar-refractivity contribution in [3.63, 3.8) is 0 Å². The topological polar surface area (TPSA) is 29.9 Å². The van der Waals surface area contributed by atoms with Crippen LogP contribution in [0.1, 0.15) is 41.6 Å². The molecule has 0 bridgehead atoms. The Morgan fingerprint density at radius 3 is 2.90 bits per heavy atom. The van der Waals surface area contributed by atoms with E-state index < -0.39 is 0 Å². The summed E-state index contributed by atoms with van der Waals surface area (Å²) in [6.45, 7) is 0. The van der Waals surface area contributed by atoms with Crippen molar-refractivity contribution in [1.29, 1.82) is 0 Å². The number of fused-ring (bicyclic) bond motifs is 1. The van der Waals surface area contributed by atoms with Gasteiger partial charge < -0.3 is 5.32 Å². The summed E-state index contributed by atoms with van der Waals surface area (Å²) in [5.41, 5.74) is 4.22. The summed E-state index contributed by atoms with van der Waals surface area (Å²) in [6.07, 6.45) is 5.57. The van der Waals surface area contributed by atoms with E-state index in [1.54, 1.807) is 0 Å². The molecule has 20 heavy (non-hydrogen) atoms. The smallest absolute Gasteiger partial charge is 0.0698 e. The molecule has 1 aromatic carbocycles. The van der Waals surface area contributed by atoms with Crippen LogP contribution >= 0.6 is 15.9 Å². The number of hydrogen-bond acceptors (Lipinski definition) is 2. The molecule has 0 fully saturated rings. The fourth-order valence-corrected chi connectivity index (χ4v) is 4.03. The van der Waals surface area contributed by atoms with Gasteiger partial charge in [0.1, 0.15) is 0 Å².